The number of nitrogens with one attached hydrogen (secondary N) is 4. The number of anilines is 2. The van der Waals surface area contributed by atoms with Gasteiger partial charge in [0, 0.05) is 17.1 Å². The second-order valence-electron chi connectivity index (χ2n) is 17.9. The molecular weight excluding hydrogens is 1020 g/mol. The number of amides is 2. The van der Waals surface area contributed by atoms with E-state index in [0.717, 1.165) is 40.0 Å². The lowest BCUT2D eigenvalue weighted by molar-refractivity contribution is -0.119. The van der Waals surface area contributed by atoms with Crippen molar-refractivity contribution in [1.29, 1.82) is 0 Å². The van der Waals surface area contributed by atoms with Crippen LogP contribution in [0.2, 0.25) is 0 Å². The van der Waals surface area contributed by atoms with E-state index < -0.39 is 56.4 Å². The van der Waals surface area contributed by atoms with Crippen molar-refractivity contribution in [3.63, 3.8) is 0 Å². The molecule has 0 unspecified atom stereocenters. The van der Waals surface area contributed by atoms with Crippen molar-refractivity contribution < 1.29 is 44.6 Å². The van der Waals surface area contributed by atoms with Crippen molar-refractivity contribution in [2.45, 2.75) is 91.6 Å². The normalized spacial score (nSPS) is 21.5. The lowest BCUT2D eigenvalue weighted by Crippen LogP contribution is -2.32. The smallest absolute Gasteiger partial charge is 0.280 e. The van der Waals surface area contributed by atoms with Gasteiger partial charge in [0.05, 0.1) is 50.9 Å². The Morgan fingerprint density at radius 2 is 1.05 bits per heavy atom. The number of aromatic amines is 2. The number of ether oxygens (including phenoxy) is 2. The highest BCUT2D eigenvalue weighted by Crippen LogP contribution is 2.46. The van der Waals surface area contributed by atoms with Crippen LogP contribution in [-0.4, -0.2) is 132 Å². The van der Waals surface area contributed by atoms with Crippen LogP contribution in [0.4, 0.5) is 11.9 Å². The van der Waals surface area contributed by atoms with E-state index in [0.29, 0.717) is 6.42 Å². The predicted octanol–water partition coefficient (Wildman–Crippen LogP) is 4.74. The summed E-state index contributed by atoms with van der Waals surface area (Å²) in [6.45, 7) is 8.51. The number of halogens is 1. The van der Waals surface area contributed by atoms with Gasteiger partial charge in [-0.1, -0.05) is 89.2 Å². The van der Waals surface area contributed by atoms with Crippen molar-refractivity contribution in [3.05, 3.63) is 129 Å². The number of carbonyl (C=O) groups excluding carboxylic acids is 2. The summed E-state index contributed by atoms with van der Waals surface area (Å²) in [5.74, 6) is 0.487. The van der Waals surface area contributed by atoms with E-state index in [1.54, 1.807) is 46.5 Å². The number of benzene rings is 3. The fraction of sp³-hybridized carbons (Fsp3) is 0.400. The minimum absolute atomic E-state index is 0.0188. The molecule has 4 aromatic heterocycles. The SMILES string of the molecule is CC(C)C(=O)Nc1nc2c(ncn2[C@@H]2S[C@H](CO)[C@@H](O)[C@H]2O)c(=O)[nH]1.CC[C@H]1S[C@@H](n2cnc3c(=O)[nH]c(NC(=O)C(C)C)nc32)[C@H](O)[C@@H]1O.COc1ccc(C(Cl)(c2ccccc2)c2ccc(OC)cc2)cc1. The van der Waals surface area contributed by atoms with Gasteiger partial charge in [0.15, 0.2) is 22.3 Å². The predicted molar refractivity (Wildman–Crippen MR) is 284 cm³/mol. The average molecular weight is 1080 g/mol. The number of aromatic nitrogens is 8. The van der Waals surface area contributed by atoms with Gasteiger partial charge >= 0.3 is 0 Å². The molecule has 21 nitrogen and oxygen atoms in total. The van der Waals surface area contributed by atoms with Gasteiger partial charge in [0.1, 0.15) is 39.3 Å². The van der Waals surface area contributed by atoms with Gasteiger partial charge in [-0.3, -0.25) is 48.9 Å². The zero-order valence-corrected chi connectivity index (χ0v) is 43.8. The molecule has 7 aromatic rings. The van der Waals surface area contributed by atoms with Crippen LogP contribution in [0.25, 0.3) is 22.3 Å². The molecule has 2 fully saturated rings. The summed E-state index contributed by atoms with van der Waals surface area (Å²) in [6.07, 6.45) is -0.660. The number of methoxy groups -OCH3 is 2. The molecule has 0 aliphatic carbocycles. The third-order valence-corrected chi connectivity index (χ3v) is 16.3. The highest BCUT2D eigenvalue weighted by atomic mass is 35.5. The number of imidazole rings is 2. The van der Waals surface area contributed by atoms with Gasteiger partial charge in [-0.2, -0.15) is 9.97 Å². The molecule has 24 heteroatoms. The van der Waals surface area contributed by atoms with Gasteiger partial charge in [0.2, 0.25) is 23.7 Å². The van der Waals surface area contributed by atoms with Gasteiger partial charge in [-0.25, -0.2) is 9.97 Å². The average Bonchev–Trinajstić information content (AvgIpc) is 4.17. The summed E-state index contributed by atoms with van der Waals surface area (Å²) in [7, 11) is 3.31. The molecule has 3 aromatic carbocycles. The first-order valence-electron chi connectivity index (χ1n) is 23.6. The number of nitrogens with zero attached hydrogens (tertiary/aromatic N) is 6. The Morgan fingerprint density at radius 3 is 1.41 bits per heavy atom. The van der Waals surface area contributed by atoms with E-state index >= 15 is 0 Å². The van der Waals surface area contributed by atoms with Crippen LogP contribution in [-0.2, 0) is 14.5 Å². The van der Waals surface area contributed by atoms with Crippen LogP contribution in [0.5, 0.6) is 11.5 Å². The van der Waals surface area contributed by atoms with E-state index in [9.17, 15) is 44.7 Å². The van der Waals surface area contributed by atoms with Gasteiger partial charge in [-0.05, 0) is 47.4 Å². The molecule has 6 heterocycles. The molecule has 74 heavy (non-hydrogen) atoms. The van der Waals surface area contributed by atoms with Crippen molar-refractivity contribution >= 4 is 81.2 Å². The van der Waals surface area contributed by atoms with Gasteiger partial charge < -0.3 is 35.0 Å². The quantitative estimate of drug-likeness (QED) is 0.0557. The van der Waals surface area contributed by atoms with E-state index in [1.807, 2.05) is 85.8 Å². The number of aliphatic hydroxyl groups is 5. The zero-order valence-electron chi connectivity index (χ0n) is 41.4. The third-order valence-electron chi connectivity index (χ3n) is 12.3. The van der Waals surface area contributed by atoms with Crippen molar-refractivity contribution in [2.75, 3.05) is 31.5 Å². The Balaban J connectivity index is 0.000000162. The second-order valence-corrected chi connectivity index (χ2v) is 21.2. The number of carbonyl (C=O) groups is 2. The topological polar surface area (TPSA) is 305 Å². The van der Waals surface area contributed by atoms with Crippen molar-refractivity contribution in [2.24, 2.45) is 11.8 Å². The standard InChI is InChI=1S/C21H19ClO2.C15H21N5O4S.C14H19N5O5S/c1-23-19-12-8-17(9-13-19)21(22,16-6-4-3-5-7-16)18-10-14-20(24-2)15-11-18;1-4-7-9(21)10(22)14(25-7)20-5-16-8-11(20)17-15(19-13(8)24)18-12(23)6(2)3;1-5(2)11(23)17-14-16-10-7(12(24)18-14)15-4-19(10)13-9(22)8(21)6(3-20)25-13/h3-15H,1-2H3;5-7,9-10,14,21-22H,4H2,1-3H3,(H2,17,18,19,23,24);4-6,8-9,13,20-22H,3H2,1-2H3,(H2,16,17,18,23,24)/t;7-,9-,10-,14-;6-,8-,9-,13-/m.11/s1. The maximum Gasteiger partial charge on any atom is 0.280 e. The summed E-state index contributed by atoms with van der Waals surface area (Å²) in [5.41, 5.74) is 2.58. The molecular formula is C50H59ClN10O11S2. The maximum absolute atomic E-state index is 12.2. The maximum atomic E-state index is 12.2. The molecule has 2 amide bonds. The number of hydrogen-bond acceptors (Lipinski definition) is 17. The van der Waals surface area contributed by atoms with Crippen LogP contribution in [0.1, 0.15) is 68.5 Å². The van der Waals surface area contributed by atoms with Crippen LogP contribution < -0.4 is 31.2 Å². The zero-order chi connectivity index (χ0) is 53.6. The molecule has 2 saturated heterocycles. The highest BCUT2D eigenvalue weighted by Gasteiger charge is 2.44. The Kier molecular flexibility index (Phi) is 17.9. The third kappa shape index (κ3) is 11.6. The molecule has 0 saturated carbocycles. The molecule has 2 aliphatic rings. The molecule has 9 rings (SSSR count). The van der Waals surface area contributed by atoms with Crippen LogP contribution in [0, 0.1) is 11.8 Å². The van der Waals surface area contributed by atoms with Gasteiger partial charge in [0.25, 0.3) is 11.1 Å². The fourth-order valence-electron chi connectivity index (χ4n) is 8.08. The molecule has 0 spiro atoms. The minimum Gasteiger partial charge on any atom is -0.497 e. The van der Waals surface area contributed by atoms with Crippen LogP contribution in [0.3, 0.4) is 0 Å². The van der Waals surface area contributed by atoms with Crippen molar-refractivity contribution in [3.8, 4) is 11.5 Å². The van der Waals surface area contributed by atoms with E-state index in [4.69, 9.17) is 21.1 Å². The monoisotopic (exact) mass is 1070 g/mol. The second kappa shape index (κ2) is 23.9. The number of alkyl halides is 1. The first-order chi connectivity index (χ1) is 35.3. The molecule has 8 atom stereocenters. The summed E-state index contributed by atoms with van der Waals surface area (Å²) >= 11 is 9.80. The van der Waals surface area contributed by atoms with Crippen LogP contribution >= 0.6 is 35.1 Å². The summed E-state index contributed by atoms with van der Waals surface area (Å²) in [6, 6.07) is 25.8. The van der Waals surface area contributed by atoms with Crippen molar-refractivity contribution in [1.82, 2.24) is 39.0 Å². The first-order valence-corrected chi connectivity index (χ1v) is 25.8. The lowest BCUT2D eigenvalue weighted by atomic mass is 9.84. The Labute approximate surface area is 438 Å². The first kappa shape index (κ1) is 55.4. The van der Waals surface area contributed by atoms with E-state index in [2.05, 4.69) is 40.5 Å². The highest BCUT2D eigenvalue weighted by molar-refractivity contribution is 8.00. The summed E-state index contributed by atoms with van der Waals surface area (Å²) in [4.78, 5) is 68.8. The van der Waals surface area contributed by atoms with Crippen LogP contribution in [0.15, 0.2) is 101 Å². The largest absolute Gasteiger partial charge is 0.497 e. The number of rotatable bonds is 13. The number of aliphatic hydroxyl groups excluding tert-OH is 5. The Morgan fingerprint density at radius 1 is 0.662 bits per heavy atom. The lowest BCUT2D eigenvalue weighted by Gasteiger charge is -2.29. The molecule has 0 radical (unpaired) electrons. The fourth-order valence-corrected chi connectivity index (χ4v) is 11.3. The minimum atomic E-state index is -1.16. The molecule has 2 aliphatic heterocycles. The number of fused-ring (bicyclic) bond motifs is 2. The Hall–Kier alpha value is -6.31. The molecule has 394 valence electrons. The van der Waals surface area contributed by atoms with Gasteiger partial charge in [-0.15, -0.1) is 35.1 Å². The molecule has 0 bridgehead atoms. The number of thioether (sulfide) groups is 2. The summed E-state index contributed by atoms with van der Waals surface area (Å²) in [5, 5.41) is 53.2. The Bertz CT molecular complexity index is 2970. The van der Waals surface area contributed by atoms with E-state index in [-0.39, 0.29) is 69.7 Å². The number of H-pyrrole nitrogens is 2. The summed E-state index contributed by atoms with van der Waals surface area (Å²) < 4.78 is 13.6. The number of hydrogen-bond donors (Lipinski definition) is 9. The van der Waals surface area contributed by atoms with E-state index in [1.165, 1.54) is 29.0 Å². The molecule has 9 N–H and O–H groups in total.